The van der Waals surface area contributed by atoms with Crippen LogP contribution in [0, 0.1) is 0 Å². The molecule has 0 radical (unpaired) electrons. The maximum Gasteiger partial charge on any atom is 0.323 e. The van der Waals surface area contributed by atoms with Crippen molar-refractivity contribution in [2.45, 2.75) is 6.54 Å². The number of nitrogens with zero attached hydrogens (tertiary/aromatic N) is 2. The van der Waals surface area contributed by atoms with Gasteiger partial charge in [0.2, 0.25) is 0 Å². The van der Waals surface area contributed by atoms with Gasteiger partial charge in [0.25, 0.3) is 11.8 Å². The number of H-pyrrole nitrogens is 1. The molecule has 3 aromatic carbocycles. The fourth-order valence-corrected chi connectivity index (χ4v) is 5.20. The van der Waals surface area contributed by atoms with E-state index in [9.17, 15) is 14.4 Å². The van der Waals surface area contributed by atoms with Crippen molar-refractivity contribution in [2.75, 3.05) is 54.5 Å². The minimum absolute atomic E-state index is 0.202. The second kappa shape index (κ2) is 12.4. The monoisotopic (exact) mass is 575 g/mol. The second-order valence-electron chi connectivity index (χ2n) is 10.8. The van der Waals surface area contributed by atoms with E-state index >= 15 is 0 Å². The molecular weight excluding hydrogens is 542 g/mol. The Hall–Kier alpha value is -5.19. The number of likely N-dealkylation sites (N-methyl/N-ethyl adjacent to an activating group) is 1. The number of urea groups is 1. The first-order valence-corrected chi connectivity index (χ1v) is 14.2. The molecule has 2 aliphatic heterocycles. The van der Waals surface area contributed by atoms with Gasteiger partial charge >= 0.3 is 6.03 Å². The smallest absolute Gasteiger partial charge is 0.323 e. The molecule has 43 heavy (non-hydrogen) atoms. The number of hydrogen-bond donors (Lipinski definition) is 5. The fraction of sp³-hybridized carbons (Fsp3) is 0.182. The van der Waals surface area contributed by atoms with Crippen LogP contribution in [0.25, 0.3) is 11.6 Å². The summed E-state index contributed by atoms with van der Waals surface area (Å²) in [5, 5.41) is 11.3. The zero-order valence-electron chi connectivity index (χ0n) is 23.8. The van der Waals surface area contributed by atoms with Gasteiger partial charge in [-0.2, -0.15) is 0 Å². The van der Waals surface area contributed by atoms with Gasteiger partial charge in [-0.1, -0.05) is 24.3 Å². The Morgan fingerprint density at radius 1 is 0.837 bits per heavy atom. The number of anilines is 4. The highest BCUT2D eigenvalue weighted by Gasteiger charge is 2.24. The highest BCUT2D eigenvalue weighted by atomic mass is 16.2. The minimum atomic E-state index is -0.453. The number of carbonyl (C=O) groups excluding carboxylic acids is 3. The molecule has 1 saturated heterocycles. The van der Waals surface area contributed by atoms with Gasteiger partial charge in [-0.3, -0.25) is 14.5 Å². The van der Waals surface area contributed by atoms with Crippen molar-refractivity contribution >= 4 is 52.2 Å². The number of rotatable bonds is 7. The lowest BCUT2D eigenvalue weighted by molar-refractivity contribution is -0.110. The average molecular weight is 576 g/mol. The third-order valence-electron chi connectivity index (χ3n) is 7.58. The molecule has 218 valence electrons. The number of amides is 4. The standard InChI is InChI=1S/C33H33N7O3/c1-39-14-16-40(17-15-39)21-22-7-9-23(10-8-22)31(41)35-25-4-2-5-26(18-25)36-33(43)37-27-11-12-28-29(19-24-6-3-13-34-24)32(42)38-30(28)20-27/h2-13,18-20,34H,14-17,21H2,1H3,(H,35,41)(H,38,42)(H2,36,37,43). The molecule has 0 saturated carbocycles. The number of fused-ring (bicyclic) bond motifs is 1. The van der Waals surface area contributed by atoms with E-state index in [4.69, 9.17) is 0 Å². The molecule has 0 bridgehead atoms. The first-order valence-electron chi connectivity index (χ1n) is 14.2. The molecule has 0 unspecified atom stereocenters. The molecule has 10 heteroatoms. The lowest BCUT2D eigenvalue weighted by Gasteiger charge is -2.32. The maximum atomic E-state index is 12.9. The van der Waals surface area contributed by atoms with Crippen LogP contribution >= 0.6 is 0 Å². The Labute approximate surface area is 249 Å². The van der Waals surface area contributed by atoms with Crippen molar-refractivity contribution in [1.29, 1.82) is 0 Å². The Morgan fingerprint density at radius 3 is 2.28 bits per heavy atom. The summed E-state index contributed by atoms with van der Waals surface area (Å²) in [6.45, 7) is 5.09. The van der Waals surface area contributed by atoms with E-state index in [-0.39, 0.29) is 11.8 Å². The van der Waals surface area contributed by atoms with Gasteiger partial charge in [0.15, 0.2) is 0 Å². The molecule has 5 N–H and O–H groups in total. The van der Waals surface area contributed by atoms with Gasteiger partial charge in [-0.15, -0.1) is 0 Å². The summed E-state index contributed by atoms with van der Waals surface area (Å²) in [7, 11) is 2.14. The number of hydrogen-bond acceptors (Lipinski definition) is 5. The van der Waals surface area contributed by atoms with Crippen molar-refractivity contribution < 1.29 is 14.4 Å². The van der Waals surface area contributed by atoms with Crippen LogP contribution in [0.15, 0.2) is 85.1 Å². The van der Waals surface area contributed by atoms with Gasteiger partial charge in [-0.25, -0.2) is 4.79 Å². The Kier molecular flexibility index (Phi) is 8.03. The van der Waals surface area contributed by atoms with Crippen molar-refractivity contribution in [3.05, 3.63) is 107 Å². The maximum absolute atomic E-state index is 12.9. The first kappa shape index (κ1) is 28.0. The molecule has 0 spiro atoms. The van der Waals surface area contributed by atoms with Crippen LogP contribution in [0.3, 0.4) is 0 Å². The Morgan fingerprint density at radius 2 is 1.56 bits per heavy atom. The third kappa shape index (κ3) is 6.83. The summed E-state index contributed by atoms with van der Waals surface area (Å²) in [6, 6.07) is 23.2. The highest BCUT2D eigenvalue weighted by molar-refractivity contribution is 6.35. The van der Waals surface area contributed by atoms with E-state index < -0.39 is 6.03 Å². The first-order chi connectivity index (χ1) is 20.9. The predicted octanol–water partition coefficient (Wildman–Crippen LogP) is 5.15. The Balaban J connectivity index is 1.04. The van der Waals surface area contributed by atoms with Crippen LogP contribution in [0.4, 0.5) is 27.5 Å². The van der Waals surface area contributed by atoms with Crippen LogP contribution in [-0.4, -0.2) is 65.9 Å². The summed E-state index contributed by atoms with van der Waals surface area (Å²) >= 11 is 0. The predicted molar refractivity (Wildman–Crippen MR) is 170 cm³/mol. The summed E-state index contributed by atoms with van der Waals surface area (Å²) in [4.78, 5) is 46.0. The fourth-order valence-electron chi connectivity index (χ4n) is 5.20. The van der Waals surface area contributed by atoms with Crippen LogP contribution in [0.5, 0.6) is 0 Å². The van der Waals surface area contributed by atoms with E-state index in [1.54, 1.807) is 54.7 Å². The van der Waals surface area contributed by atoms with Crippen molar-refractivity contribution in [1.82, 2.24) is 14.8 Å². The molecule has 1 aromatic heterocycles. The number of carbonyl (C=O) groups is 3. The number of nitrogens with one attached hydrogen (secondary N) is 5. The van der Waals surface area contributed by atoms with Gasteiger partial charge in [0, 0.05) is 72.8 Å². The van der Waals surface area contributed by atoms with E-state index in [2.05, 4.69) is 43.1 Å². The molecule has 6 rings (SSSR count). The number of aromatic nitrogens is 1. The van der Waals surface area contributed by atoms with Crippen molar-refractivity contribution in [3.63, 3.8) is 0 Å². The zero-order chi connectivity index (χ0) is 29.8. The van der Waals surface area contributed by atoms with Crippen LogP contribution in [-0.2, 0) is 11.3 Å². The molecular formula is C33H33N7O3. The second-order valence-corrected chi connectivity index (χ2v) is 10.8. The van der Waals surface area contributed by atoms with Crippen LogP contribution in [0.2, 0.25) is 0 Å². The molecule has 10 nitrogen and oxygen atoms in total. The summed E-state index contributed by atoms with van der Waals surface area (Å²) < 4.78 is 0. The van der Waals surface area contributed by atoms with E-state index in [0.29, 0.717) is 33.9 Å². The summed E-state index contributed by atoms with van der Waals surface area (Å²) in [6.07, 6.45) is 3.58. The molecule has 0 atom stereocenters. The van der Waals surface area contributed by atoms with Gasteiger partial charge in [-0.05, 0) is 73.3 Å². The van der Waals surface area contributed by atoms with Crippen molar-refractivity contribution in [2.24, 2.45) is 0 Å². The SMILES string of the molecule is CN1CCN(Cc2ccc(C(=O)Nc3cccc(NC(=O)Nc4ccc5c(c4)NC(=O)C5=Cc4ccc[nH]4)c3)cc2)CC1. The number of benzene rings is 3. The molecule has 4 amide bonds. The van der Waals surface area contributed by atoms with Gasteiger partial charge in [0.05, 0.1) is 11.3 Å². The molecule has 0 aliphatic carbocycles. The van der Waals surface area contributed by atoms with Gasteiger partial charge < -0.3 is 31.2 Å². The average Bonchev–Trinajstić information content (AvgIpc) is 3.62. The van der Waals surface area contributed by atoms with Crippen LogP contribution in [0.1, 0.15) is 27.2 Å². The van der Waals surface area contributed by atoms with Crippen molar-refractivity contribution in [3.8, 4) is 0 Å². The molecule has 3 heterocycles. The molecule has 1 fully saturated rings. The minimum Gasteiger partial charge on any atom is -0.362 e. The molecule has 4 aromatic rings. The lowest BCUT2D eigenvalue weighted by atomic mass is 10.1. The number of piperazine rings is 1. The summed E-state index contributed by atoms with van der Waals surface area (Å²) in [5.74, 6) is -0.427. The van der Waals surface area contributed by atoms with E-state index in [1.807, 2.05) is 36.4 Å². The lowest BCUT2D eigenvalue weighted by Crippen LogP contribution is -2.43. The van der Waals surface area contributed by atoms with Crippen LogP contribution < -0.4 is 21.3 Å². The third-order valence-corrected chi connectivity index (χ3v) is 7.58. The van der Waals surface area contributed by atoms with Gasteiger partial charge in [0.1, 0.15) is 0 Å². The summed E-state index contributed by atoms with van der Waals surface area (Å²) in [5.41, 5.74) is 6.11. The number of aromatic amines is 1. The highest BCUT2D eigenvalue weighted by Crippen LogP contribution is 2.35. The largest absolute Gasteiger partial charge is 0.362 e. The quantitative estimate of drug-likeness (QED) is 0.195. The molecule has 2 aliphatic rings. The zero-order valence-corrected chi connectivity index (χ0v) is 23.8. The topological polar surface area (TPSA) is 122 Å². The van der Waals surface area contributed by atoms with E-state index in [0.717, 1.165) is 44.0 Å². The van der Waals surface area contributed by atoms with E-state index in [1.165, 1.54) is 5.56 Å². The Bertz CT molecular complexity index is 1670. The normalized spacial score (nSPS) is 16.0.